The lowest BCUT2D eigenvalue weighted by Crippen LogP contribution is -2.33. The van der Waals surface area contributed by atoms with Gasteiger partial charge in [0.2, 0.25) is 5.91 Å². The predicted molar refractivity (Wildman–Crippen MR) is 115 cm³/mol. The summed E-state index contributed by atoms with van der Waals surface area (Å²) in [5.41, 5.74) is 1.08. The molecule has 0 saturated heterocycles. The molecule has 0 unspecified atom stereocenters. The van der Waals surface area contributed by atoms with Gasteiger partial charge in [0.25, 0.3) is 5.91 Å². The number of ether oxygens (including phenoxy) is 1. The molecule has 0 fully saturated rings. The highest BCUT2D eigenvalue weighted by molar-refractivity contribution is 9.10. The van der Waals surface area contributed by atoms with Gasteiger partial charge in [-0.1, -0.05) is 48.0 Å². The molecule has 0 aliphatic carbocycles. The van der Waals surface area contributed by atoms with Crippen LogP contribution in [-0.4, -0.2) is 49.5 Å². The Morgan fingerprint density at radius 1 is 1.07 bits per heavy atom. The predicted octanol–water partition coefficient (Wildman–Crippen LogP) is 3.54. The van der Waals surface area contributed by atoms with E-state index in [-0.39, 0.29) is 18.4 Å². The van der Waals surface area contributed by atoms with Gasteiger partial charge in [-0.3, -0.25) is 9.59 Å². The van der Waals surface area contributed by atoms with Crippen LogP contribution in [0, 0.1) is 0 Å². The van der Waals surface area contributed by atoms with Crippen LogP contribution in [-0.2, 0) is 4.79 Å². The van der Waals surface area contributed by atoms with Crippen molar-refractivity contribution in [3.8, 4) is 5.75 Å². The molecule has 6 nitrogen and oxygen atoms in total. The van der Waals surface area contributed by atoms with E-state index < -0.39 is 0 Å². The molecule has 0 aromatic heterocycles. The average molecular weight is 448 g/mol. The highest BCUT2D eigenvalue weighted by Gasteiger charge is 2.11. The number of carbonyl (C=O) groups is 2. The van der Waals surface area contributed by atoms with Crippen molar-refractivity contribution in [1.29, 1.82) is 0 Å². The molecule has 7 heteroatoms. The van der Waals surface area contributed by atoms with E-state index in [9.17, 15) is 9.59 Å². The first-order valence-corrected chi connectivity index (χ1v) is 10.1. The SMILES string of the molecule is CCN(CC)CCOc1ccccc1NC(=O)CNC(=O)c1cccc(Br)c1. The summed E-state index contributed by atoms with van der Waals surface area (Å²) in [6, 6.07) is 14.3. The largest absolute Gasteiger partial charge is 0.490 e. The highest BCUT2D eigenvalue weighted by Crippen LogP contribution is 2.23. The second kappa shape index (κ2) is 11.5. The van der Waals surface area contributed by atoms with Crippen LogP contribution in [0.25, 0.3) is 0 Å². The lowest BCUT2D eigenvalue weighted by atomic mass is 10.2. The number of halogens is 1. The Morgan fingerprint density at radius 2 is 1.82 bits per heavy atom. The monoisotopic (exact) mass is 447 g/mol. The second-order valence-corrected chi connectivity index (χ2v) is 7.03. The van der Waals surface area contributed by atoms with E-state index in [0.29, 0.717) is 23.6 Å². The maximum atomic E-state index is 12.2. The summed E-state index contributed by atoms with van der Waals surface area (Å²) in [6.07, 6.45) is 0. The molecule has 0 aliphatic rings. The standard InChI is InChI=1S/C21H26BrN3O3/c1-3-25(4-2)12-13-28-19-11-6-5-10-18(19)24-20(26)15-23-21(27)16-8-7-9-17(22)14-16/h5-11,14H,3-4,12-13,15H2,1-2H3,(H,23,27)(H,24,26). The molecule has 0 saturated carbocycles. The van der Waals surface area contributed by atoms with Gasteiger partial charge in [-0.2, -0.15) is 0 Å². The number of amides is 2. The number of carbonyl (C=O) groups excluding carboxylic acids is 2. The zero-order valence-electron chi connectivity index (χ0n) is 16.2. The molecule has 0 spiro atoms. The Labute approximate surface area is 174 Å². The van der Waals surface area contributed by atoms with Crippen molar-refractivity contribution >= 4 is 33.4 Å². The number of anilines is 1. The van der Waals surface area contributed by atoms with Crippen molar-refractivity contribution in [1.82, 2.24) is 10.2 Å². The minimum atomic E-state index is -0.317. The molecule has 0 bridgehead atoms. The van der Waals surface area contributed by atoms with E-state index in [1.165, 1.54) is 0 Å². The van der Waals surface area contributed by atoms with Crippen molar-refractivity contribution in [3.05, 3.63) is 58.6 Å². The maximum Gasteiger partial charge on any atom is 0.251 e. The Morgan fingerprint density at radius 3 is 2.54 bits per heavy atom. The Kier molecular flexibility index (Phi) is 8.97. The summed E-state index contributed by atoms with van der Waals surface area (Å²) in [4.78, 5) is 26.6. The number of nitrogens with one attached hydrogen (secondary N) is 2. The quantitative estimate of drug-likeness (QED) is 0.584. The topological polar surface area (TPSA) is 70.7 Å². The minimum absolute atomic E-state index is 0.126. The van der Waals surface area contributed by atoms with E-state index in [1.54, 1.807) is 24.3 Å². The molecular weight excluding hydrogens is 422 g/mol. The normalized spacial score (nSPS) is 10.6. The van der Waals surface area contributed by atoms with E-state index in [0.717, 1.165) is 24.1 Å². The first-order valence-electron chi connectivity index (χ1n) is 9.31. The van der Waals surface area contributed by atoms with Crippen LogP contribution < -0.4 is 15.4 Å². The lowest BCUT2D eigenvalue weighted by molar-refractivity contribution is -0.115. The smallest absolute Gasteiger partial charge is 0.251 e. The third-order valence-electron chi connectivity index (χ3n) is 4.22. The number of hydrogen-bond donors (Lipinski definition) is 2. The third-order valence-corrected chi connectivity index (χ3v) is 4.71. The van der Waals surface area contributed by atoms with Gasteiger partial charge in [-0.05, 0) is 43.4 Å². The molecule has 2 N–H and O–H groups in total. The molecule has 150 valence electrons. The summed E-state index contributed by atoms with van der Waals surface area (Å²) >= 11 is 3.33. The van der Waals surface area contributed by atoms with E-state index >= 15 is 0 Å². The molecule has 28 heavy (non-hydrogen) atoms. The summed E-state index contributed by atoms with van der Waals surface area (Å²) in [5.74, 6) is -0.00956. The van der Waals surface area contributed by atoms with Crippen molar-refractivity contribution in [2.45, 2.75) is 13.8 Å². The van der Waals surface area contributed by atoms with E-state index in [2.05, 4.69) is 45.3 Å². The van der Waals surface area contributed by atoms with Gasteiger partial charge in [-0.15, -0.1) is 0 Å². The fourth-order valence-corrected chi connectivity index (χ4v) is 3.01. The van der Waals surface area contributed by atoms with Crippen molar-refractivity contribution in [2.24, 2.45) is 0 Å². The van der Waals surface area contributed by atoms with Crippen LogP contribution in [0.2, 0.25) is 0 Å². The first kappa shape index (κ1) is 21.9. The molecule has 0 aliphatic heterocycles. The van der Waals surface area contributed by atoms with Gasteiger partial charge >= 0.3 is 0 Å². The highest BCUT2D eigenvalue weighted by atomic mass is 79.9. The molecule has 2 rings (SSSR count). The molecule has 2 amide bonds. The van der Waals surface area contributed by atoms with Crippen molar-refractivity contribution < 1.29 is 14.3 Å². The van der Waals surface area contributed by atoms with Crippen LogP contribution in [0.15, 0.2) is 53.0 Å². The minimum Gasteiger partial charge on any atom is -0.490 e. The third kappa shape index (κ3) is 6.98. The zero-order valence-corrected chi connectivity index (χ0v) is 17.8. The van der Waals surface area contributed by atoms with Gasteiger partial charge < -0.3 is 20.3 Å². The number of likely N-dealkylation sites (N-methyl/N-ethyl adjacent to an activating group) is 1. The molecule has 2 aromatic rings. The van der Waals surface area contributed by atoms with E-state index in [4.69, 9.17) is 4.74 Å². The first-order chi connectivity index (χ1) is 13.5. The summed E-state index contributed by atoms with van der Waals surface area (Å²) in [5, 5.41) is 5.41. The van der Waals surface area contributed by atoms with Crippen molar-refractivity contribution in [2.75, 3.05) is 38.1 Å². The second-order valence-electron chi connectivity index (χ2n) is 6.11. The summed E-state index contributed by atoms with van der Waals surface area (Å²) in [6.45, 7) is 7.39. The number of para-hydroxylation sites is 2. The van der Waals surface area contributed by atoms with Crippen LogP contribution in [0.1, 0.15) is 24.2 Å². The molecule has 0 atom stereocenters. The molecule has 2 aromatic carbocycles. The Bertz CT molecular complexity index is 794. The van der Waals surface area contributed by atoms with Gasteiger partial charge in [0.1, 0.15) is 12.4 Å². The van der Waals surface area contributed by atoms with Gasteiger partial charge in [0, 0.05) is 16.6 Å². The van der Waals surface area contributed by atoms with Crippen LogP contribution in [0.5, 0.6) is 5.75 Å². The number of rotatable bonds is 10. The Hall–Kier alpha value is -2.38. The molecular formula is C21H26BrN3O3. The molecule has 0 radical (unpaired) electrons. The van der Waals surface area contributed by atoms with E-state index in [1.807, 2.05) is 24.3 Å². The summed E-state index contributed by atoms with van der Waals surface area (Å²) in [7, 11) is 0. The van der Waals surface area contributed by atoms with Gasteiger partial charge in [0.15, 0.2) is 0 Å². The lowest BCUT2D eigenvalue weighted by Gasteiger charge is -2.19. The van der Waals surface area contributed by atoms with Crippen molar-refractivity contribution in [3.63, 3.8) is 0 Å². The zero-order chi connectivity index (χ0) is 20.4. The van der Waals surface area contributed by atoms with Gasteiger partial charge in [0.05, 0.1) is 12.2 Å². The molecule has 0 heterocycles. The number of benzene rings is 2. The fourth-order valence-electron chi connectivity index (χ4n) is 2.61. The van der Waals surface area contributed by atoms with Gasteiger partial charge in [-0.25, -0.2) is 0 Å². The maximum absolute atomic E-state index is 12.2. The average Bonchev–Trinajstić information content (AvgIpc) is 2.70. The number of hydrogen-bond acceptors (Lipinski definition) is 4. The van der Waals surface area contributed by atoms with Crippen LogP contribution in [0.3, 0.4) is 0 Å². The summed E-state index contributed by atoms with van der Waals surface area (Å²) < 4.78 is 6.64. The fraction of sp³-hybridized carbons (Fsp3) is 0.333. The number of nitrogens with zero attached hydrogens (tertiary/aromatic N) is 1. The van der Waals surface area contributed by atoms with Crippen LogP contribution in [0.4, 0.5) is 5.69 Å². The Balaban J connectivity index is 1.87. The van der Waals surface area contributed by atoms with Crippen LogP contribution >= 0.6 is 15.9 Å².